The third-order valence-corrected chi connectivity index (χ3v) is 4.50. The van der Waals surface area contributed by atoms with Crippen LogP contribution in [0.1, 0.15) is 10.4 Å². The Morgan fingerprint density at radius 1 is 0.833 bits per heavy atom. The summed E-state index contributed by atoms with van der Waals surface area (Å²) in [6, 6.07) is 19.8. The molecule has 1 aromatic heterocycles. The number of carbonyl (C=O) groups excluding carboxylic acids is 1. The van der Waals surface area contributed by atoms with E-state index in [9.17, 15) is 4.79 Å². The number of carbonyl (C=O) groups is 1. The first-order valence-electron chi connectivity index (χ1n) is 8.09. The zero-order chi connectivity index (χ0) is 16.5. The summed E-state index contributed by atoms with van der Waals surface area (Å²) in [5.41, 5.74) is 3.84. The van der Waals surface area contributed by atoms with Crippen LogP contribution in [0.5, 0.6) is 0 Å². The highest BCUT2D eigenvalue weighted by Crippen LogP contribution is 2.32. The molecule has 0 fully saturated rings. The second kappa shape index (κ2) is 5.89. The van der Waals surface area contributed by atoms with Crippen LogP contribution < -0.4 is 9.80 Å². The second-order valence-electron chi connectivity index (χ2n) is 6.00. The Balaban J connectivity index is 1.64. The lowest BCUT2D eigenvalue weighted by molar-refractivity contribution is 0.0987. The highest BCUT2D eigenvalue weighted by molar-refractivity contribution is 6.08. The average molecular weight is 317 g/mol. The number of hydrogen-bond donors (Lipinski definition) is 0. The van der Waals surface area contributed by atoms with Gasteiger partial charge in [0.15, 0.2) is 0 Å². The van der Waals surface area contributed by atoms with E-state index in [1.54, 1.807) is 0 Å². The molecule has 1 aliphatic heterocycles. The molecule has 0 saturated heterocycles. The van der Waals surface area contributed by atoms with E-state index in [2.05, 4.69) is 18.0 Å². The molecule has 1 amide bonds. The summed E-state index contributed by atoms with van der Waals surface area (Å²) in [6.07, 6.45) is 3.99. The van der Waals surface area contributed by atoms with E-state index in [1.807, 2.05) is 76.5 Å². The molecule has 0 saturated carbocycles. The van der Waals surface area contributed by atoms with Crippen molar-refractivity contribution in [1.82, 2.24) is 4.57 Å². The molecule has 0 atom stereocenters. The molecule has 2 heterocycles. The van der Waals surface area contributed by atoms with Crippen molar-refractivity contribution in [3.8, 4) is 5.69 Å². The Morgan fingerprint density at radius 2 is 1.50 bits per heavy atom. The number of para-hydroxylation sites is 2. The van der Waals surface area contributed by atoms with Gasteiger partial charge in [-0.1, -0.05) is 12.1 Å². The van der Waals surface area contributed by atoms with Gasteiger partial charge in [-0.25, -0.2) is 0 Å². The molecule has 0 unspecified atom stereocenters. The van der Waals surface area contributed by atoms with E-state index in [0.717, 1.165) is 23.6 Å². The number of benzene rings is 2. The molecule has 0 spiro atoms. The third-order valence-electron chi connectivity index (χ3n) is 4.50. The SMILES string of the molecule is CN1CCN(C(=O)c2ccc(-n3cccc3)cc2)c2ccccc21. The minimum Gasteiger partial charge on any atom is -0.371 e. The Morgan fingerprint density at radius 3 is 2.21 bits per heavy atom. The van der Waals surface area contributed by atoms with Gasteiger partial charge in [0.05, 0.1) is 11.4 Å². The quantitative estimate of drug-likeness (QED) is 0.723. The van der Waals surface area contributed by atoms with Crippen molar-refractivity contribution >= 4 is 17.3 Å². The minimum absolute atomic E-state index is 0.0506. The largest absolute Gasteiger partial charge is 0.371 e. The Labute approximate surface area is 141 Å². The van der Waals surface area contributed by atoms with Gasteiger partial charge in [-0.15, -0.1) is 0 Å². The molecule has 0 radical (unpaired) electrons. The number of likely N-dealkylation sites (N-methyl/N-ethyl adjacent to an activating group) is 1. The van der Waals surface area contributed by atoms with Crippen molar-refractivity contribution in [2.45, 2.75) is 0 Å². The highest BCUT2D eigenvalue weighted by Gasteiger charge is 2.25. The second-order valence-corrected chi connectivity index (χ2v) is 6.00. The fourth-order valence-corrected chi connectivity index (χ4v) is 3.16. The lowest BCUT2D eigenvalue weighted by atomic mass is 10.1. The maximum absolute atomic E-state index is 13.0. The maximum Gasteiger partial charge on any atom is 0.258 e. The lowest BCUT2D eigenvalue weighted by Gasteiger charge is -2.35. The summed E-state index contributed by atoms with van der Waals surface area (Å²) in [6.45, 7) is 1.54. The zero-order valence-electron chi connectivity index (χ0n) is 13.6. The van der Waals surface area contributed by atoms with E-state index in [0.29, 0.717) is 12.1 Å². The van der Waals surface area contributed by atoms with Gasteiger partial charge < -0.3 is 14.4 Å². The zero-order valence-corrected chi connectivity index (χ0v) is 13.6. The van der Waals surface area contributed by atoms with Gasteiger partial charge in [-0.05, 0) is 48.5 Å². The molecule has 0 N–H and O–H groups in total. The fourth-order valence-electron chi connectivity index (χ4n) is 3.16. The van der Waals surface area contributed by atoms with Gasteiger partial charge in [0.25, 0.3) is 5.91 Å². The summed E-state index contributed by atoms with van der Waals surface area (Å²) in [7, 11) is 2.06. The molecule has 1 aliphatic rings. The number of fused-ring (bicyclic) bond motifs is 1. The first-order chi connectivity index (χ1) is 11.7. The number of aromatic nitrogens is 1. The maximum atomic E-state index is 13.0. The van der Waals surface area contributed by atoms with Gasteiger partial charge in [0.2, 0.25) is 0 Å². The van der Waals surface area contributed by atoms with Crippen LogP contribution in [0.2, 0.25) is 0 Å². The monoisotopic (exact) mass is 317 g/mol. The highest BCUT2D eigenvalue weighted by atomic mass is 16.2. The number of rotatable bonds is 2. The van der Waals surface area contributed by atoms with E-state index in [1.165, 1.54) is 0 Å². The van der Waals surface area contributed by atoms with Crippen LogP contribution in [-0.4, -0.2) is 30.6 Å². The van der Waals surface area contributed by atoms with Gasteiger partial charge >= 0.3 is 0 Å². The van der Waals surface area contributed by atoms with Crippen LogP contribution in [0.4, 0.5) is 11.4 Å². The molecule has 24 heavy (non-hydrogen) atoms. The van der Waals surface area contributed by atoms with Crippen molar-refractivity contribution in [2.75, 3.05) is 29.9 Å². The Hall–Kier alpha value is -3.01. The molecular formula is C20H19N3O. The average Bonchev–Trinajstić information content (AvgIpc) is 3.17. The van der Waals surface area contributed by atoms with Gasteiger partial charge in [0.1, 0.15) is 0 Å². The summed E-state index contributed by atoms with van der Waals surface area (Å²) in [5.74, 6) is 0.0506. The third kappa shape index (κ3) is 2.46. The van der Waals surface area contributed by atoms with Crippen molar-refractivity contribution in [3.05, 3.63) is 78.6 Å². The van der Waals surface area contributed by atoms with E-state index in [4.69, 9.17) is 0 Å². The summed E-state index contributed by atoms with van der Waals surface area (Å²) in [4.78, 5) is 17.0. The van der Waals surface area contributed by atoms with Crippen LogP contribution in [0.3, 0.4) is 0 Å². The predicted octanol–water partition coefficient (Wildman–Crippen LogP) is 3.57. The summed E-state index contributed by atoms with van der Waals surface area (Å²) < 4.78 is 2.03. The van der Waals surface area contributed by atoms with Crippen molar-refractivity contribution in [3.63, 3.8) is 0 Å². The molecule has 3 aromatic rings. The lowest BCUT2D eigenvalue weighted by Crippen LogP contribution is -2.42. The number of nitrogens with zero attached hydrogens (tertiary/aromatic N) is 3. The van der Waals surface area contributed by atoms with Crippen molar-refractivity contribution in [1.29, 1.82) is 0 Å². The van der Waals surface area contributed by atoms with Crippen LogP contribution in [0.15, 0.2) is 73.1 Å². The van der Waals surface area contributed by atoms with Gasteiger partial charge in [-0.3, -0.25) is 4.79 Å². The Bertz CT molecular complexity index is 853. The topological polar surface area (TPSA) is 28.5 Å². The molecule has 4 nitrogen and oxygen atoms in total. The summed E-state index contributed by atoms with van der Waals surface area (Å²) >= 11 is 0. The summed E-state index contributed by atoms with van der Waals surface area (Å²) in [5, 5.41) is 0. The van der Waals surface area contributed by atoms with Crippen LogP contribution in [-0.2, 0) is 0 Å². The predicted molar refractivity (Wildman–Crippen MR) is 97.2 cm³/mol. The van der Waals surface area contributed by atoms with E-state index in [-0.39, 0.29) is 5.91 Å². The van der Waals surface area contributed by atoms with Crippen LogP contribution in [0.25, 0.3) is 5.69 Å². The molecular weight excluding hydrogens is 298 g/mol. The number of anilines is 2. The fraction of sp³-hybridized carbons (Fsp3) is 0.150. The van der Waals surface area contributed by atoms with Crippen molar-refractivity contribution in [2.24, 2.45) is 0 Å². The standard InChI is InChI=1S/C20H19N3O/c1-21-14-15-23(19-7-3-2-6-18(19)21)20(24)16-8-10-17(11-9-16)22-12-4-5-13-22/h2-13H,14-15H2,1H3. The van der Waals surface area contributed by atoms with Crippen molar-refractivity contribution < 1.29 is 4.79 Å². The van der Waals surface area contributed by atoms with Gasteiger partial charge in [0, 0.05) is 43.8 Å². The molecule has 120 valence electrons. The first kappa shape index (κ1) is 14.6. The molecule has 0 aliphatic carbocycles. The Kier molecular flexibility index (Phi) is 3.58. The van der Waals surface area contributed by atoms with Crippen LogP contribution >= 0.6 is 0 Å². The van der Waals surface area contributed by atoms with Crippen LogP contribution in [0, 0.1) is 0 Å². The molecule has 4 rings (SSSR count). The van der Waals surface area contributed by atoms with Gasteiger partial charge in [-0.2, -0.15) is 0 Å². The first-order valence-corrected chi connectivity index (χ1v) is 8.09. The normalized spacial score (nSPS) is 13.7. The van der Waals surface area contributed by atoms with E-state index >= 15 is 0 Å². The molecule has 2 aromatic carbocycles. The number of amides is 1. The number of hydrogen-bond acceptors (Lipinski definition) is 2. The molecule has 0 bridgehead atoms. The van der Waals surface area contributed by atoms with E-state index < -0.39 is 0 Å². The minimum atomic E-state index is 0.0506. The molecule has 4 heteroatoms. The smallest absolute Gasteiger partial charge is 0.258 e.